The number of alkyl halides is 2. The van der Waals surface area contributed by atoms with Gasteiger partial charge in [-0.1, -0.05) is 29.4 Å². The van der Waals surface area contributed by atoms with E-state index in [9.17, 15) is 22.4 Å². The molecule has 0 radical (unpaired) electrons. The van der Waals surface area contributed by atoms with Crippen LogP contribution in [0.4, 0.5) is 22.4 Å². The van der Waals surface area contributed by atoms with Gasteiger partial charge >= 0.3 is 5.12 Å². The molecule has 148 valence electrons. The van der Waals surface area contributed by atoms with E-state index in [1.165, 1.54) is 18.2 Å². The highest BCUT2D eigenvalue weighted by Gasteiger charge is 2.57. The molecule has 0 amide bonds. The molecule has 0 fully saturated rings. The quantitative estimate of drug-likeness (QED) is 0.381. The van der Waals surface area contributed by atoms with Crippen molar-refractivity contribution in [3.8, 4) is 17.6 Å². The number of hydrogen-bond donors (Lipinski definition) is 0. The smallest absolute Gasteiger partial charge is 0.327 e. The summed E-state index contributed by atoms with van der Waals surface area (Å²) in [5.74, 6) is -0.458. The number of halogens is 6. The molecule has 0 saturated carbocycles. The van der Waals surface area contributed by atoms with Crippen molar-refractivity contribution < 1.29 is 41.9 Å². The Labute approximate surface area is 163 Å². The zero-order valence-electron chi connectivity index (χ0n) is 13.3. The van der Waals surface area contributed by atoms with Gasteiger partial charge in [0.25, 0.3) is 6.43 Å². The molecule has 1 unspecified atom stereocenters. The van der Waals surface area contributed by atoms with Gasteiger partial charge in [0, 0.05) is 15.5 Å². The standard InChI is InChI=1S/C16H7ClF5NO4S/c17-8-3-7(6-23)4-9(5-8)24-11-2-1-10-13(12(11)15(18)19)28-16(26-21,27-22)14(10)25-20/h1-5,14-15H. The van der Waals surface area contributed by atoms with Crippen molar-refractivity contribution in [1.82, 2.24) is 0 Å². The van der Waals surface area contributed by atoms with Crippen molar-refractivity contribution in [3.63, 3.8) is 0 Å². The SMILES string of the molecule is N#Cc1cc(Cl)cc(Oc2ccc3c(c2C(F)F)SC(OF)(OF)C3OF)c1. The van der Waals surface area contributed by atoms with Gasteiger partial charge in [0.1, 0.15) is 11.5 Å². The van der Waals surface area contributed by atoms with Crippen LogP contribution < -0.4 is 4.74 Å². The van der Waals surface area contributed by atoms with Gasteiger partial charge in [-0.2, -0.15) is 10.2 Å². The van der Waals surface area contributed by atoms with Gasteiger partial charge in [-0.05, 0) is 37.8 Å². The molecule has 1 aliphatic rings. The minimum atomic E-state index is -3.19. The predicted molar refractivity (Wildman–Crippen MR) is 85.5 cm³/mol. The van der Waals surface area contributed by atoms with Crippen molar-refractivity contribution >= 4 is 23.4 Å². The van der Waals surface area contributed by atoms with Gasteiger partial charge in [-0.15, -0.1) is 9.88 Å². The molecule has 5 nitrogen and oxygen atoms in total. The number of hydrogen-bond acceptors (Lipinski definition) is 6. The molecule has 12 heteroatoms. The molecule has 1 heterocycles. The minimum absolute atomic E-state index is 0.00893. The van der Waals surface area contributed by atoms with Crippen LogP contribution in [0.2, 0.25) is 5.02 Å². The second-order valence-corrected chi connectivity index (χ2v) is 7.03. The van der Waals surface area contributed by atoms with Crippen LogP contribution in [0.5, 0.6) is 11.5 Å². The van der Waals surface area contributed by atoms with Gasteiger partial charge in [-0.3, -0.25) is 0 Å². The number of thioether (sulfide) groups is 1. The number of benzene rings is 2. The van der Waals surface area contributed by atoms with E-state index in [0.717, 1.165) is 12.1 Å². The fourth-order valence-electron chi connectivity index (χ4n) is 2.64. The molecule has 3 rings (SSSR count). The van der Waals surface area contributed by atoms with Crippen LogP contribution in [-0.4, -0.2) is 5.12 Å². The Kier molecular flexibility index (Phi) is 5.97. The Morgan fingerprint density at radius 3 is 2.43 bits per heavy atom. The van der Waals surface area contributed by atoms with E-state index in [4.69, 9.17) is 21.6 Å². The lowest BCUT2D eigenvalue weighted by atomic mass is 10.0. The summed E-state index contributed by atoms with van der Waals surface area (Å²) >= 11 is 5.85. The summed E-state index contributed by atoms with van der Waals surface area (Å²) < 4.78 is 71.5. The first-order valence-electron chi connectivity index (χ1n) is 7.28. The Balaban J connectivity index is 2.10. The molecule has 2 aromatic rings. The normalized spacial score (nSPS) is 17.4. The third-order valence-corrected chi connectivity index (χ3v) is 5.29. The Morgan fingerprint density at radius 1 is 1.14 bits per heavy atom. The van der Waals surface area contributed by atoms with Crippen LogP contribution in [0.25, 0.3) is 0 Å². The zero-order chi connectivity index (χ0) is 20.5. The van der Waals surface area contributed by atoms with Crippen molar-refractivity contribution in [2.45, 2.75) is 22.5 Å². The van der Waals surface area contributed by atoms with Gasteiger partial charge in [0.05, 0.1) is 17.2 Å². The van der Waals surface area contributed by atoms with Crippen LogP contribution in [0.1, 0.15) is 29.2 Å². The molecule has 0 N–H and O–H groups in total. The maximum atomic E-state index is 13.7. The molecular formula is C16H7ClF5NO4S. The van der Waals surface area contributed by atoms with E-state index < -0.39 is 33.9 Å². The van der Waals surface area contributed by atoms with Crippen molar-refractivity contribution in [3.05, 3.63) is 52.0 Å². The first kappa shape index (κ1) is 20.6. The van der Waals surface area contributed by atoms with Gasteiger partial charge in [0.2, 0.25) is 0 Å². The van der Waals surface area contributed by atoms with Crippen molar-refractivity contribution in [2.24, 2.45) is 0 Å². The van der Waals surface area contributed by atoms with E-state index in [-0.39, 0.29) is 33.7 Å². The fraction of sp³-hybridized carbons (Fsp3) is 0.188. The second-order valence-electron chi connectivity index (χ2n) is 5.41. The highest BCUT2D eigenvalue weighted by atomic mass is 35.5. The lowest BCUT2D eigenvalue weighted by Crippen LogP contribution is -2.31. The van der Waals surface area contributed by atoms with Gasteiger partial charge in [-0.25, -0.2) is 8.78 Å². The number of ether oxygens (including phenoxy) is 1. The Hall–Kier alpha value is -2.10. The molecule has 0 aliphatic carbocycles. The van der Waals surface area contributed by atoms with Gasteiger partial charge in [0.15, 0.2) is 6.10 Å². The Morgan fingerprint density at radius 2 is 1.86 bits per heavy atom. The highest BCUT2D eigenvalue weighted by molar-refractivity contribution is 8.00. The maximum absolute atomic E-state index is 13.7. The van der Waals surface area contributed by atoms with E-state index >= 15 is 0 Å². The summed E-state index contributed by atoms with van der Waals surface area (Å²) in [4.78, 5) is 9.70. The first-order chi connectivity index (χ1) is 13.4. The van der Waals surface area contributed by atoms with E-state index in [2.05, 4.69) is 14.8 Å². The molecule has 0 saturated heterocycles. The van der Waals surface area contributed by atoms with Gasteiger partial charge < -0.3 is 4.74 Å². The van der Waals surface area contributed by atoms with Crippen LogP contribution in [-0.2, 0) is 14.8 Å². The summed E-state index contributed by atoms with van der Waals surface area (Å²) in [6.45, 7) is 0. The van der Waals surface area contributed by atoms with E-state index in [1.807, 2.05) is 6.07 Å². The monoisotopic (exact) mass is 439 g/mol. The third-order valence-electron chi connectivity index (χ3n) is 3.79. The minimum Gasteiger partial charge on any atom is -0.457 e. The van der Waals surface area contributed by atoms with Crippen LogP contribution in [0.15, 0.2) is 35.2 Å². The van der Waals surface area contributed by atoms with Crippen LogP contribution in [0, 0.1) is 11.3 Å². The molecule has 1 atom stereocenters. The second kappa shape index (κ2) is 8.10. The van der Waals surface area contributed by atoms with E-state index in [1.54, 1.807) is 0 Å². The third kappa shape index (κ3) is 3.49. The van der Waals surface area contributed by atoms with Crippen LogP contribution in [0.3, 0.4) is 0 Å². The molecular weight excluding hydrogens is 433 g/mol. The summed E-state index contributed by atoms with van der Waals surface area (Å²) in [5, 5.41) is 6.07. The molecule has 0 bridgehead atoms. The lowest BCUT2D eigenvalue weighted by Gasteiger charge is -2.21. The molecule has 1 aliphatic heterocycles. The number of nitriles is 1. The fourth-order valence-corrected chi connectivity index (χ4v) is 4.08. The molecule has 0 spiro atoms. The summed E-state index contributed by atoms with van der Waals surface area (Å²) in [6.07, 6.45) is -5.31. The molecule has 2 aromatic carbocycles. The number of fused-ring (bicyclic) bond motifs is 1. The maximum Gasteiger partial charge on any atom is 0.327 e. The lowest BCUT2D eigenvalue weighted by molar-refractivity contribution is -0.414. The first-order valence-corrected chi connectivity index (χ1v) is 8.48. The average molecular weight is 440 g/mol. The molecule has 0 aromatic heterocycles. The summed E-state index contributed by atoms with van der Waals surface area (Å²) in [7, 11) is 0. The largest absolute Gasteiger partial charge is 0.457 e. The highest BCUT2D eigenvalue weighted by Crippen LogP contribution is 2.59. The average Bonchev–Trinajstić information content (AvgIpc) is 3.00. The van der Waals surface area contributed by atoms with E-state index in [0.29, 0.717) is 0 Å². The number of nitrogens with zero attached hydrogens (tertiary/aromatic N) is 1. The van der Waals surface area contributed by atoms with Crippen LogP contribution >= 0.6 is 23.4 Å². The summed E-state index contributed by atoms with van der Waals surface area (Å²) in [5.41, 5.74) is -1.04. The topological polar surface area (TPSA) is 60.7 Å². The number of rotatable bonds is 6. The van der Waals surface area contributed by atoms with Crippen molar-refractivity contribution in [2.75, 3.05) is 0 Å². The zero-order valence-corrected chi connectivity index (χ0v) is 14.9. The Bertz CT molecular complexity index is 938. The predicted octanol–water partition coefficient (Wildman–Crippen LogP) is 6.45. The molecule has 28 heavy (non-hydrogen) atoms. The summed E-state index contributed by atoms with van der Waals surface area (Å²) in [6, 6.07) is 7.74. The van der Waals surface area contributed by atoms with Crippen molar-refractivity contribution in [1.29, 1.82) is 5.26 Å².